The number of amides is 4. The molecule has 2 saturated heterocycles. The van der Waals surface area contributed by atoms with Gasteiger partial charge in [0.15, 0.2) is 0 Å². The minimum atomic E-state index is -0.857. The lowest BCUT2D eigenvalue weighted by molar-refractivity contribution is -0.135. The molecule has 19 heteroatoms. The third-order valence-corrected chi connectivity index (χ3v) is 14.7. The molecular weight excluding hydrogens is 1020 g/mol. The van der Waals surface area contributed by atoms with E-state index in [1.807, 2.05) is 81.6 Å². The van der Waals surface area contributed by atoms with Gasteiger partial charge in [0.2, 0.25) is 17.7 Å². The molecule has 0 radical (unpaired) electrons. The zero-order chi connectivity index (χ0) is 52.0. The molecular formula is C54H58BrClFN9O7. The predicted octanol–water partition coefficient (Wildman–Crippen LogP) is 8.37. The Bertz CT molecular complexity index is 3370. The van der Waals surface area contributed by atoms with Gasteiger partial charge in [0.1, 0.15) is 46.8 Å². The highest BCUT2D eigenvalue weighted by Crippen LogP contribution is 2.43. The summed E-state index contributed by atoms with van der Waals surface area (Å²) in [6.07, 6.45) is 1.35. The molecule has 0 spiro atoms. The molecule has 73 heavy (non-hydrogen) atoms. The number of imidazole rings is 1. The number of piperazine rings is 1. The van der Waals surface area contributed by atoms with Crippen LogP contribution in [0.25, 0.3) is 43.8 Å². The molecule has 9 rings (SSSR count). The normalized spacial score (nSPS) is 15.6. The van der Waals surface area contributed by atoms with Crippen molar-refractivity contribution < 1.29 is 37.8 Å². The number of benzene rings is 4. The van der Waals surface area contributed by atoms with E-state index in [0.717, 1.165) is 49.8 Å². The molecule has 382 valence electrons. The molecule has 7 aromatic rings. The summed E-state index contributed by atoms with van der Waals surface area (Å²) in [4.78, 5) is 75.2. The van der Waals surface area contributed by atoms with Crippen LogP contribution in [-0.2, 0) is 45.7 Å². The zero-order valence-electron chi connectivity index (χ0n) is 42.0. The van der Waals surface area contributed by atoms with Crippen LogP contribution in [0.5, 0.6) is 5.75 Å². The average molecular weight is 1080 g/mol. The summed E-state index contributed by atoms with van der Waals surface area (Å²) in [6.45, 7) is 14.6. The van der Waals surface area contributed by atoms with Crippen LogP contribution in [0.4, 0.5) is 4.39 Å². The highest BCUT2D eigenvalue weighted by Gasteiger charge is 2.33. The minimum Gasteiger partial charge on any atom is -0.493 e. The van der Waals surface area contributed by atoms with Gasteiger partial charge in [0, 0.05) is 84.8 Å². The molecule has 16 nitrogen and oxygen atoms in total. The molecule has 4 aromatic carbocycles. The Kier molecular flexibility index (Phi) is 14.5. The van der Waals surface area contributed by atoms with E-state index in [0.29, 0.717) is 96.5 Å². The average Bonchev–Trinajstić information content (AvgIpc) is 3.93. The largest absolute Gasteiger partial charge is 0.493 e. The third kappa shape index (κ3) is 10.5. The van der Waals surface area contributed by atoms with Crippen LogP contribution in [-0.4, -0.2) is 114 Å². The SMILES string of the molecule is Cc1nn(C)c(C)c1-c1c(Cl)ccc2c(CCCOc3cccc4cc(F)ccc34)c(C(=O)OC(C)(C)C)n(CCN3CCN(C(=O)Cn4c(C)nc5c(C(=O)NC6CCC(=O)NC6=O)ccc(Br)c54)CC3)c12. The number of hydrogen-bond acceptors (Lipinski definition) is 10. The summed E-state index contributed by atoms with van der Waals surface area (Å²) in [5.41, 5.74) is 5.86. The van der Waals surface area contributed by atoms with Crippen molar-refractivity contribution in [1.82, 2.24) is 44.3 Å². The van der Waals surface area contributed by atoms with Gasteiger partial charge in [0.25, 0.3) is 5.91 Å². The quantitative estimate of drug-likeness (QED) is 0.0612. The highest BCUT2D eigenvalue weighted by molar-refractivity contribution is 9.10. The van der Waals surface area contributed by atoms with Crippen LogP contribution in [0.3, 0.4) is 0 Å². The zero-order valence-corrected chi connectivity index (χ0v) is 44.3. The van der Waals surface area contributed by atoms with Crippen LogP contribution < -0.4 is 15.4 Å². The Morgan fingerprint density at radius 3 is 2.40 bits per heavy atom. The Labute approximate surface area is 435 Å². The van der Waals surface area contributed by atoms with Gasteiger partial charge in [-0.15, -0.1) is 0 Å². The van der Waals surface area contributed by atoms with E-state index in [-0.39, 0.29) is 42.6 Å². The topological polar surface area (TPSA) is 175 Å². The lowest BCUT2D eigenvalue weighted by Crippen LogP contribution is -2.52. The van der Waals surface area contributed by atoms with Crippen molar-refractivity contribution in [3.63, 3.8) is 0 Å². The van der Waals surface area contributed by atoms with E-state index in [1.54, 1.807) is 29.7 Å². The number of aromatic nitrogens is 5. The molecule has 0 saturated carbocycles. The van der Waals surface area contributed by atoms with Crippen molar-refractivity contribution in [2.24, 2.45) is 7.05 Å². The maximum Gasteiger partial charge on any atom is 0.355 e. The van der Waals surface area contributed by atoms with Gasteiger partial charge in [-0.1, -0.05) is 29.8 Å². The Morgan fingerprint density at radius 2 is 1.68 bits per heavy atom. The van der Waals surface area contributed by atoms with Gasteiger partial charge in [-0.25, -0.2) is 14.2 Å². The molecule has 5 heterocycles. The number of hydrogen-bond donors (Lipinski definition) is 2. The van der Waals surface area contributed by atoms with E-state index < -0.39 is 29.4 Å². The van der Waals surface area contributed by atoms with Gasteiger partial charge in [-0.2, -0.15) is 5.10 Å². The number of nitrogens with one attached hydrogen (secondary N) is 2. The predicted molar refractivity (Wildman–Crippen MR) is 280 cm³/mol. The Hall–Kier alpha value is -6.63. The summed E-state index contributed by atoms with van der Waals surface area (Å²) in [5.74, 6) is -1.14. The first-order valence-electron chi connectivity index (χ1n) is 24.5. The monoisotopic (exact) mass is 1080 g/mol. The van der Waals surface area contributed by atoms with Gasteiger partial charge >= 0.3 is 5.97 Å². The van der Waals surface area contributed by atoms with Crippen LogP contribution >= 0.6 is 27.5 Å². The van der Waals surface area contributed by atoms with E-state index in [2.05, 4.69) is 36.0 Å². The molecule has 2 N–H and O–H groups in total. The van der Waals surface area contributed by atoms with Crippen molar-refractivity contribution >= 4 is 89.8 Å². The fourth-order valence-corrected chi connectivity index (χ4v) is 10.9. The molecule has 2 fully saturated rings. The first kappa shape index (κ1) is 51.3. The Morgan fingerprint density at radius 1 is 0.932 bits per heavy atom. The summed E-state index contributed by atoms with van der Waals surface area (Å²) in [6, 6.07) is 16.5. The molecule has 3 aromatic heterocycles. The summed E-state index contributed by atoms with van der Waals surface area (Å²) >= 11 is 10.8. The second-order valence-electron chi connectivity index (χ2n) is 19.8. The number of rotatable bonds is 14. The van der Waals surface area contributed by atoms with Crippen molar-refractivity contribution in [2.75, 3.05) is 39.3 Å². The molecule has 4 amide bonds. The van der Waals surface area contributed by atoms with Crippen molar-refractivity contribution in [3.05, 3.63) is 110 Å². The molecule has 2 aliphatic heterocycles. The smallest absolute Gasteiger partial charge is 0.355 e. The number of carbonyl (C=O) groups is 5. The summed E-state index contributed by atoms with van der Waals surface area (Å²) in [7, 11) is 1.90. The molecule has 2 aliphatic rings. The number of aryl methyl sites for hydroxylation is 4. The van der Waals surface area contributed by atoms with Crippen LogP contribution in [0.2, 0.25) is 5.02 Å². The van der Waals surface area contributed by atoms with Crippen LogP contribution in [0, 0.1) is 26.6 Å². The van der Waals surface area contributed by atoms with Gasteiger partial charge in [-0.3, -0.25) is 34.1 Å². The standard InChI is InChI=1S/C54H58BrClFN9O7/c1-30-45(31(2)62(7)61-30)46-40(56)18-16-37-36(11-9-27-72-42-12-8-10-33-28-34(57)13-14-35(33)42)49(53(71)73-54(4,5)6)65(48(37)46)26-23-63-21-24-64(25-22-63)44(68)29-66-32(3)58-47-38(15-17-39(55)50(47)66)51(69)59-41-19-20-43(67)60-52(41)70/h8,10,12-18,28,41H,9,11,19-27,29H2,1-7H3,(H,59,69)(H,60,67,70). The number of piperidine rings is 1. The molecule has 1 atom stereocenters. The van der Waals surface area contributed by atoms with Crippen LogP contribution in [0.15, 0.2) is 65.1 Å². The third-order valence-electron chi connectivity index (χ3n) is 13.7. The number of carbonyl (C=O) groups excluding carboxylic acids is 5. The van der Waals surface area contributed by atoms with Gasteiger partial charge in [0.05, 0.1) is 33.9 Å². The van der Waals surface area contributed by atoms with Crippen molar-refractivity contribution in [3.8, 4) is 16.9 Å². The first-order chi connectivity index (χ1) is 34.8. The van der Waals surface area contributed by atoms with Crippen molar-refractivity contribution in [1.29, 1.82) is 0 Å². The number of imide groups is 1. The van der Waals surface area contributed by atoms with Crippen LogP contribution in [0.1, 0.15) is 83.7 Å². The maximum atomic E-state index is 14.7. The van der Waals surface area contributed by atoms with E-state index in [1.165, 1.54) is 12.1 Å². The number of fused-ring (bicyclic) bond motifs is 3. The fraction of sp³-hybridized carbons (Fsp3) is 0.389. The number of halogens is 3. The lowest BCUT2D eigenvalue weighted by Gasteiger charge is -2.35. The molecule has 1 unspecified atom stereocenters. The maximum absolute atomic E-state index is 14.7. The number of ether oxygens (including phenoxy) is 2. The summed E-state index contributed by atoms with van der Waals surface area (Å²) in [5, 5.41) is 12.7. The second kappa shape index (κ2) is 20.7. The van der Waals surface area contributed by atoms with Gasteiger partial charge < -0.3 is 28.8 Å². The summed E-state index contributed by atoms with van der Waals surface area (Å²) < 4.78 is 32.9. The second-order valence-corrected chi connectivity index (χ2v) is 21.0. The highest BCUT2D eigenvalue weighted by atomic mass is 79.9. The Balaban J connectivity index is 0.962. The first-order valence-corrected chi connectivity index (χ1v) is 25.6. The molecule has 0 aliphatic carbocycles. The number of esters is 1. The number of nitrogens with zero attached hydrogens (tertiary/aromatic N) is 7. The minimum absolute atomic E-state index is 0.0137. The lowest BCUT2D eigenvalue weighted by atomic mass is 9.98. The molecule has 0 bridgehead atoms. The van der Waals surface area contributed by atoms with Gasteiger partial charge in [-0.05, 0) is 130 Å². The van der Waals surface area contributed by atoms with Crippen molar-refractivity contribution in [2.45, 2.75) is 92.0 Å². The fourth-order valence-electron chi connectivity index (χ4n) is 10.1. The van der Waals surface area contributed by atoms with E-state index >= 15 is 0 Å². The van der Waals surface area contributed by atoms with E-state index in [4.69, 9.17) is 31.2 Å². The van der Waals surface area contributed by atoms with E-state index in [9.17, 15) is 28.4 Å².